The van der Waals surface area contributed by atoms with Gasteiger partial charge in [0.25, 0.3) is 0 Å². The smallest absolute Gasteiger partial charge is 0.246 e. The zero-order valence-electron chi connectivity index (χ0n) is 9.47. The third-order valence-electron chi connectivity index (χ3n) is 2.39. The largest absolute Gasteiger partial charge is 0.360 e. The van der Waals surface area contributed by atoms with Crippen molar-refractivity contribution < 1.29 is 12.9 Å². The molecule has 0 amide bonds. The van der Waals surface area contributed by atoms with Crippen molar-refractivity contribution in [3.05, 3.63) is 36.1 Å². The molecule has 0 radical (unpaired) electrons. The molecule has 0 atom stereocenters. The first-order chi connectivity index (χ1) is 8.06. The topological polar surface area (TPSA) is 72.2 Å². The molecule has 90 valence electrons. The summed E-state index contributed by atoms with van der Waals surface area (Å²) in [4.78, 5) is 0.0891. The first-order valence-corrected chi connectivity index (χ1v) is 6.50. The fourth-order valence-corrected chi connectivity index (χ4v) is 2.59. The van der Waals surface area contributed by atoms with E-state index in [0.717, 1.165) is 0 Å². The van der Waals surface area contributed by atoms with Gasteiger partial charge in [0.15, 0.2) is 10.7 Å². The molecule has 17 heavy (non-hydrogen) atoms. The summed E-state index contributed by atoms with van der Waals surface area (Å²) in [5.74, 6) is 0.276. The number of aryl methyl sites for hydroxylation is 1. The summed E-state index contributed by atoms with van der Waals surface area (Å²) in [6, 6.07) is 9.05. The normalized spacial score (nSPS) is 11.6. The van der Waals surface area contributed by atoms with E-state index in [1.165, 1.54) is 7.05 Å². The van der Waals surface area contributed by atoms with Gasteiger partial charge in [0.05, 0.1) is 0 Å². The van der Waals surface area contributed by atoms with Gasteiger partial charge in [0, 0.05) is 5.56 Å². The van der Waals surface area contributed by atoms with E-state index in [-0.39, 0.29) is 10.7 Å². The van der Waals surface area contributed by atoms with Crippen molar-refractivity contribution in [1.82, 2.24) is 9.88 Å². The Labute approximate surface area is 99.5 Å². The van der Waals surface area contributed by atoms with E-state index in [1.54, 1.807) is 19.1 Å². The highest BCUT2D eigenvalue weighted by molar-refractivity contribution is 7.89. The average Bonchev–Trinajstić information content (AvgIpc) is 2.73. The number of hydrogen-bond acceptors (Lipinski definition) is 4. The van der Waals surface area contributed by atoms with Gasteiger partial charge in [0.1, 0.15) is 5.69 Å². The highest BCUT2D eigenvalue weighted by Gasteiger charge is 2.25. The number of nitrogens with zero attached hydrogens (tertiary/aromatic N) is 1. The van der Waals surface area contributed by atoms with Crippen molar-refractivity contribution in [2.75, 3.05) is 7.05 Å². The second kappa shape index (κ2) is 4.31. The van der Waals surface area contributed by atoms with Crippen LogP contribution in [0.2, 0.25) is 0 Å². The second-order valence-electron chi connectivity index (χ2n) is 3.49. The predicted octanol–water partition coefficient (Wildman–Crippen LogP) is 1.56. The summed E-state index contributed by atoms with van der Waals surface area (Å²) in [5, 5.41) is 3.81. The van der Waals surface area contributed by atoms with Crippen LogP contribution < -0.4 is 4.72 Å². The van der Waals surface area contributed by atoms with Gasteiger partial charge >= 0.3 is 0 Å². The van der Waals surface area contributed by atoms with Crippen LogP contribution in [0, 0.1) is 6.92 Å². The van der Waals surface area contributed by atoms with E-state index in [4.69, 9.17) is 4.52 Å². The van der Waals surface area contributed by atoms with Crippen LogP contribution in [0.3, 0.4) is 0 Å². The number of hydrogen-bond donors (Lipinski definition) is 1. The maximum absolute atomic E-state index is 11.9. The summed E-state index contributed by atoms with van der Waals surface area (Å²) in [7, 11) is -2.21. The molecule has 0 unspecified atom stereocenters. The van der Waals surface area contributed by atoms with Crippen LogP contribution in [0.5, 0.6) is 0 Å². The van der Waals surface area contributed by atoms with Crippen molar-refractivity contribution in [1.29, 1.82) is 0 Å². The molecule has 0 saturated carbocycles. The Morgan fingerprint density at radius 1 is 1.24 bits per heavy atom. The molecule has 0 spiro atoms. The Balaban J connectivity index is 2.67. The molecule has 0 aliphatic heterocycles. The first kappa shape index (κ1) is 11.8. The molecule has 6 heteroatoms. The highest BCUT2D eigenvalue weighted by Crippen LogP contribution is 2.28. The summed E-state index contributed by atoms with van der Waals surface area (Å²) < 4.78 is 31.0. The standard InChI is InChI=1S/C11H12N2O3S/c1-8-11(17(14,15)12-2)10(13-16-8)9-6-4-3-5-7-9/h3-7,12H,1-2H3. The molecule has 2 aromatic rings. The number of nitrogens with one attached hydrogen (secondary N) is 1. The second-order valence-corrected chi connectivity index (χ2v) is 5.31. The van der Waals surface area contributed by atoms with Crippen molar-refractivity contribution in [2.45, 2.75) is 11.8 Å². The number of aromatic nitrogens is 1. The van der Waals surface area contributed by atoms with E-state index < -0.39 is 10.0 Å². The van der Waals surface area contributed by atoms with Crippen molar-refractivity contribution in [2.24, 2.45) is 0 Å². The van der Waals surface area contributed by atoms with Gasteiger partial charge in [-0.25, -0.2) is 13.1 Å². The highest BCUT2D eigenvalue weighted by atomic mass is 32.2. The minimum Gasteiger partial charge on any atom is -0.360 e. The number of benzene rings is 1. The zero-order chi connectivity index (χ0) is 12.5. The van der Waals surface area contributed by atoms with Gasteiger partial charge in [-0.3, -0.25) is 0 Å². The van der Waals surface area contributed by atoms with Crippen LogP contribution in [0.1, 0.15) is 5.76 Å². The molecule has 1 heterocycles. The van der Waals surface area contributed by atoms with Crippen LogP contribution >= 0.6 is 0 Å². The maximum atomic E-state index is 11.9. The third kappa shape index (κ3) is 2.09. The van der Waals surface area contributed by atoms with Crippen molar-refractivity contribution >= 4 is 10.0 Å². The lowest BCUT2D eigenvalue weighted by atomic mass is 10.1. The third-order valence-corrected chi connectivity index (χ3v) is 3.95. The molecule has 0 saturated heterocycles. The van der Waals surface area contributed by atoms with Gasteiger partial charge in [-0.2, -0.15) is 0 Å². The van der Waals surface area contributed by atoms with Gasteiger partial charge in [-0.05, 0) is 14.0 Å². The monoisotopic (exact) mass is 252 g/mol. The molecule has 0 fully saturated rings. The fourth-order valence-electron chi connectivity index (χ4n) is 1.56. The molecule has 2 rings (SSSR count). The van der Waals surface area contributed by atoms with E-state index in [9.17, 15) is 8.42 Å². The number of rotatable bonds is 3. The molecule has 1 aromatic carbocycles. The molecule has 0 bridgehead atoms. The molecule has 0 aliphatic rings. The average molecular weight is 252 g/mol. The van der Waals surface area contributed by atoms with Crippen LogP contribution in [-0.2, 0) is 10.0 Å². The maximum Gasteiger partial charge on any atom is 0.246 e. The predicted molar refractivity (Wildman–Crippen MR) is 62.9 cm³/mol. The fraction of sp³-hybridized carbons (Fsp3) is 0.182. The first-order valence-electron chi connectivity index (χ1n) is 5.01. The van der Waals surface area contributed by atoms with Crippen molar-refractivity contribution in [3.63, 3.8) is 0 Å². The van der Waals surface area contributed by atoms with E-state index in [1.807, 2.05) is 18.2 Å². The Hall–Kier alpha value is -1.66. The van der Waals surface area contributed by atoms with Gasteiger partial charge < -0.3 is 4.52 Å². The summed E-state index contributed by atoms with van der Waals surface area (Å²) in [5.41, 5.74) is 1.04. The molecular formula is C11H12N2O3S. The zero-order valence-corrected chi connectivity index (χ0v) is 10.3. The van der Waals surface area contributed by atoms with Gasteiger partial charge in [0.2, 0.25) is 10.0 Å². The Morgan fingerprint density at radius 2 is 1.88 bits per heavy atom. The summed E-state index contributed by atoms with van der Waals surface area (Å²) >= 11 is 0. The van der Waals surface area contributed by atoms with Crippen molar-refractivity contribution in [3.8, 4) is 11.3 Å². The summed E-state index contributed by atoms with van der Waals surface area (Å²) in [6.07, 6.45) is 0. The molecular weight excluding hydrogens is 240 g/mol. The van der Waals surface area contributed by atoms with E-state index in [0.29, 0.717) is 11.3 Å². The van der Waals surface area contributed by atoms with E-state index >= 15 is 0 Å². The van der Waals surface area contributed by atoms with E-state index in [2.05, 4.69) is 9.88 Å². The van der Waals surface area contributed by atoms with Crippen LogP contribution in [0.25, 0.3) is 11.3 Å². The van der Waals surface area contributed by atoms with Gasteiger partial charge in [-0.1, -0.05) is 35.5 Å². The lowest BCUT2D eigenvalue weighted by Crippen LogP contribution is -2.19. The Morgan fingerprint density at radius 3 is 2.47 bits per heavy atom. The van der Waals surface area contributed by atoms with Gasteiger partial charge in [-0.15, -0.1) is 0 Å². The summed E-state index contributed by atoms with van der Waals surface area (Å²) in [6.45, 7) is 1.57. The van der Waals surface area contributed by atoms with Crippen LogP contribution in [0.4, 0.5) is 0 Å². The molecule has 0 aliphatic carbocycles. The lowest BCUT2D eigenvalue weighted by Gasteiger charge is -2.02. The molecule has 1 N–H and O–H groups in total. The minimum absolute atomic E-state index is 0.0891. The molecule has 1 aromatic heterocycles. The Bertz CT molecular complexity index is 617. The molecule has 5 nitrogen and oxygen atoms in total. The quantitative estimate of drug-likeness (QED) is 0.899. The van der Waals surface area contributed by atoms with Crippen LogP contribution in [0.15, 0.2) is 39.8 Å². The Kier molecular flexibility index (Phi) is 2.99. The lowest BCUT2D eigenvalue weighted by molar-refractivity contribution is 0.396. The minimum atomic E-state index is -3.57. The SMILES string of the molecule is CNS(=O)(=O)c1c(-c2ccccc2)noc1C. The van der Waals surface area contributed by atoms with Crippen LogP contribution in [-0.4, -0.2) is 20.6 Å². The number of sulfonamides is 1.